The van der Waals surface area contributed by atoms with Crippen LogP contribution in [0.2, 0.25) is 0 Å². The molecule has 1 aliphatic rings. The molecule has 3 rings (SSSR count). The molecular formula is C15H20N6. The maximum Gasteiger partial charge on any atom is 0.191 e. The normalized spacial score (nSPS) is 17.0. The van der Waals surface area contributed by atoms with Crippen LogP contribution in [0.4, 0.5) is 0 Å². The number of hydrogen-bond donors (Lipinski definition) is 2. The first-order valence-corrected chi connectivity index (χ1v) is 7.13. The zero-order valence-electron chi connectivity index (χ0n) is 12.4. The highest BCUT2D eigenvalue weighted by atomic mass is 15.3. The predicted octanol–water partition coefficient (Wildman–Crippen LogP) is 0.820. The minimum Gasteiger partial charge on any atom is -0.356 e. The first-order chi connectivity index (χ1) is 10.3. The van der Waals surface area contributed by atoms with E-state index in [1.807, 2.05) is 7.05 Å². The molecule has 1 aromatic carbocycles. The van der Waals surface area contributed by atoms with Crippen molar-refractivity contribution < 1.29 is 0 Å². The van der Waals surface area contributed by atoms with E-state index in [1.54, 1.807) is 18.1 Å². The predicted molar refractivity (Wildman–Crippen MR) is 82.1 cm³/mol. The Hall–Kier alpha value is -2.37. The molecule has 2 aromatic rings. The van der Waals surface area contributed by atoms with E-state index in [9.17, 15) is 0 Å². The van der Waals surface area contributed by atoms with Gasteiger partial charge in [-0.25, -0.2) is 4.98 Å². The van der Waals surface area contributed by atoms with Gasteiger partial charge in [0, 0.05) is 26.6 Å². The number of aromatic nitrogens is 3. The monoisotopic (exact) mass is 284 g/mol. The smallest absolute Gasteiger partial charge is 0.191 e. The van der Waals surface area contributed by atoms with Crippen molar-refractivity contribution in [1.29, 1.82) is 0 Å². The summed E-state index contributed by atoms with van der Waals surface area (Å²) in [4.78, 5) is 8.42. The zero-order valence-corrected chi connectivity index (χ0v) is 12.4. The number of aryl methyl sites for hydroxylation is 1. The molecule has 0 fully saturated rings. The maximum absolute atomic E-state index is 4.24. The Bertz CT molecular complexity index is 645. The van der Waals surface area contributed by atoms with Gasteiger partial charge in [0.1, 0.15) is 12.2 Å². The summed E-state index contributed by atoms with van der Waals surface area (Å²) in [5.41, 5.74) is 2.92. The van der Waals surface area contributed by atoms with Crippen LogP contribution < -0.4 is 10.6 Å². The number of guanidine groups is 1. The third-order valence-electron chi connectivity index (χ3n) is 3.92. The number of rotatable bonds is 4. The van der Waals surface area contributed by atoms with E-state index < -0.39 is 0 Å². The highest BCUT2D eigenvalue weighted by Crippen LogP contribution is 2.33. The average molecular weight is 284 g/mol. The van der Waals surface area contributed by atoms with E-state index in [2.05, 4.69) is 50.0 Å². The van der Waals surface area contributed by atoms with Gasteiger partial charge in [-0.1, -0.05) is 24.3 Å². The van der Waals surface area contributed by atoms with Crippen molar-refractivity contribution in [3.8, 4) is 0 Å². The van der Waals surface area contributed by atoms with Crippen LogP contribution in [0.15, 0.2) is 35.6 Å². The third-order valence-corrected chi connectivity index (χ3v) is 3.92. The molecule has 21 heavy (non-hydrogen) atoms. The van der Waals surface area contributed by atoms with Gasteiger partial charge >= 0.3 is 0 Å². The number of hydrogen-bond acceptors (Lipinski definition) is 3. The zero-order chi connectivity index (χ0) is 14.7. The summed E-state index contributed by atoms with van der Waals surface area (Å²) in [5, 5.41) is 10.7. The van der Waals surface area contributed by atoms with Gasteiger partial charge in [0.2, 0.25) is 0 Å². The van der Waals surface area contributed by atoms with Crippen LogP contribution in [0.3, 0.4) is 0 Å². The van der Waals surface area contributed by atoms with Gasteiger partial charge in [-0.3, -0.25) is 9.67 Å². The van der Waals surface area contributed by atoms with Crippen molar-refractivity contribution in [3.63, 3.8) is 0 Å². The number of nitrogens with zero attached hydrogens (tertiary/aromatic N) is 4. The van der Waals surface area contributed by atoms with Gasteiger partial charge in [0.25, 0.3) is 0 Å². The molecule has 1 unspecified atom stereocenters. The van der Waals surface area contributed by atoms with E-state index in [0.717, 1.165) is 24.7 Å². The standard InChI is InChI=1S/C15H20N6/c1-16-15(18-9-14-19-10-20-21(14)2)17-8-12-7-11-5-3-4-6-13(11)12/h3-6,10,12H,7-9H2,1-2H3,(H2,16,17,18). The first-order valence-electron chi connectivity index (χ1n) is 7.13. The maximum atomic E-state index is 4.24. The van der Waals surface area contributed by atoms with Crippen LogP contribution in [-0.4, -0.2) is 34.3 Å². The van der Waals surface area contributed by atoms with Crippen LogP contribution >= 0.6 is 0 Å². The van der Waals surface area contributed by atoms with Gasteiger partial charge in [-0.15, -0.1) is 0 Å². The Morgan fingerprint density at radius 1 is 1.38 bits per heavy atom. The van der Waals surface area contributed by atoms with Gasteiger partial charge < -0.3 is 10.6 Å². The lowest BCUT2D eigenvalue weighted by atomic mass is 9.78. The molecule has 0 saturated heterocycles. The van der Waals surface area contributed by atoms with E-state index in [1.165, 1.54) is 11.1 Å². The average Bonchev–Trinajstić information content (AvgIpc) is 2.88. The SMILES string of the molecule is CN=C(NCc1ncnn1C)NCC1Cc2ccccc21. The molecule has 0 saturated carbocycles. The number of aliphatic imine (C=N–C) groups is 1. The second kappa shape index (κ2) is 5.95. The fourth-order valence-electron chi connectivity index (χ4n) is 2.63. The highest BCUT2D eigenvalue weighted by Gasteiger charge is 2.25. The van der Waals surface area contributed by atoms with E-state index >= 15 is 0 Å². The van der Waals surface area contributed by atoms with E-state index in [-0.39, 0.29) is 0 Å². The largest absolute Gasteiger partial charge is 0.356 e. The fraction of sp³-hybridized carbons (Fsp3) is 0.400. The molecule has 1 heterocycles. The first kappa shape index (κ1) is 13.6. The van der Waals surface area contributed by atoms with Crippen molar-refractivity contribution in [1.82, 2.24) is 25.4 Å². The summed E-state index contributed by atoms with van der Waals surface area (Å²) >= 11 is 0. The molecule has 110 valence electrons. The van der Waals surface area contributed by atoms with Crippen molar-refractivity contribution in [2.75, 3.05) is 13.6 Å². The van der Waals surface area contributed by atoms with E-state index in [4.69, 9.17) is 0 Å². The Morgan fingerprint density at radius 2 is 2.24 bits per heavy atom. The Balaban J connectivity index is 1.49. The van der Waals surface area contributed by atoms with Gasteiger partial charge in [-0.2, -0.15) is 5.10 Å². The topological polar surface area (TPSA) is 67.1 Å². The van der Waals surface area contributed by atoms with Gasteiger partial charge in [0.05, 0.1) is 6.54 Å². The summed E-state index contributed by atoms with van der Waals surface area (Å²) in [7, 11) is 3.66. The fourth-order valence-corrected chi connectivity index (χ4v) is 2.63. The molecular weight excluding hydrogens is 264 g/mol. The number of nitrogens with one attached hydrogen (secondary N) is 2. The molecule has 6 nitrogen and oxygen atoms in total. The van der Waals surface area contributed by atoms with Crippen LogP contribution in [0.1, 0.15) is 22.9 Å². The summed E-state index contributed by atoms with van der Waals surface area (Å²) in [6.07, 6.45) is 2.70. The lowest BCUT2D eigenvalue weighted by Crippen LogP contribution is -2.41. The summed E-state index contributed by atoms with van der Waals surface area (Å²) in [5.74, 6) is 2.25. The second-order valence-corrected chi connectivity index (χ2v) is 5.21. The highest BCUT2D eigenvalue weighted by molar-refractivity contribution is 5.79. The molecule has 0 amide bonds. The quantitative estimate of drug-likeness (QED) is 0.644. The Labute approximate surface area is 124 Å². The Kier molecular flexibility index (Phi) is 3.85. The molecule has 1 aromatic heterocycles. The lowest BCUT2D eigenvalue weighted by molar-refractivity contribution is 0.581. The molecule has 0 aliphatic heterocycles. The van der Waals surface area contributed by atoms with Crippen LogP contribution in [-0.2, 0) is 20.0 Å². The van der Waals surface area contributed by atoms with Crippen molar-refractivity contribution in [2.45, 2.75) is 18.9 Å². The van der Waals surface area contributed by atoms with Crippen molar-refractivity contribution in [3.05, 3.63) is 47.5 Å². The number of fused-ring (bicyclic) bond motifs is 1. The minimum atomic E-state index is 0.578. The summed E-state index contributed by atoms with van der Waals surface area (Å²) in [6, 6.07) is 8.61. The Morgan fingerprint density at radius 3 is 2.95 bits per heavy atom. The second-order valence-electron chi connectivity index (χ2n) is 5.21. The van der Waals surface area contributed by atoms with Crippen molar-refractivity contribution >= 4 is 5.96 Å². The van der Waals surface area contributed by atoms with Gasteiger partial charge in [0.15, 0.2) is 5.96 Å². The molecule has 1 aliphatic carbocycles. The number of benzene rings is 1. The molecule has 0 bridgehead atoms. The van der Waals surface area contributed by atoms with Gasteiger partial charge in [-0.05, 0) is 17.5 Å². The van der Waals surface area contributed by atoms with Crippen LogP contribution in [0, 0.1) is 0 Å². The molecule has 6 heteroatoms. The molecule has 0 spiro atoms. The summed E-state index contributed by atoms with van der Waals surface area (Å²) < 4.78 is 1.75. The lowest BCUT2D eigenvalue weighted by Gasteiger charge is -2.30. The van der Waals surface area contributed by atoms with Crippen molar-refractivity contribution in [2.24, 2.45) is 12.0 Å². The summed E-state index contributed by atoms with van der Waals surface area (Å²) in [6.45, 7) is 1.51. The van der Waals surface area contributed by atoms with Crippen LogP contribution in [0.5, 0.6) is 0 Å². The molecule has 2 N–H and O–H groups in total. The molecule has 1 atom stereocenters. The molecule has 0 radical (unpaired) electrons. The van der Waals surface area contributed by atoms with Crippen LogP contribution in [0.25, 0.3) is 0 Å². The third kappa shape index (κ3) is 2.89. The minimum absolute atomic E-state index is 0.578. The van der Waals surface area contributed by atoms with E-state index in [0.29, 0.717) is 12.5 Å².